The molecule has 20 heavy (non-hydrogen) atoms. The second-order valence-electron chi connectivity index (χ2n) is 4.14. The minimum absolute atomic E-state index is 0.579. The van der Waals surface area contributed by atoms with Gasteiger partial charge < -0.3 is 15.5 Å². The minimum atomic E-state index is 0.579. The van der Waals surface area contributed by atoms with Gasteiger partial charge in [0.05, 0.1) is 6.54 Å². The second kappa shape index (κ2) is 7.04. The molecule has 0 radical (unpaired) electrons. The molecule has 2 aromatic rings. The molecule has 108 valence electrons. The van der Waals surface area contributed by atoms with Crippen molar-refractivity contribution in [2.45, 2.75) is 20.4 Å². The van der Waals surface area contributed by atoms with Crippen molar-refractivity contribution in [3.8, 4) is 0 Å². The summed E-state index contributed by atoms with van der Waals surface area (Å²) in [5, 5.41) is 8.28. The molecule has 2 N–H and O–H groups in total. The molecule has 0 aromatic carbocycles. The van der Waals surface area contributed by atoms with E-state index >= 15 is 0 Å². The zero-order valence-electron chi connectivity index (χ0n) is 12.1. The van der Waals surface area contributed by atoms with Crippen molar-refractivity contribution in [1.29, 1.82) is 0 Å². The predicted octanol–water partition coefficient (Wildman–Crippen LogP) is 2.43. The first-order valence-corrected chi connectivity index (χ1v) is 7.59. The fourth-order valence-corrected chi connectivity index (χ4v) is 2.43. The van der Waals surface area contributed by atoms with E-state index in [9.17, 15) is 0 Å². The summed E-state index contributed by atoms with van der Waals surface area (Å²) in [6.07, 6.45) is 0. The molecule has 0 amide bonds. The van der Waals surface area contributed by atoms with E-state index in [1.807, 2.05) is 13.1 Å². The van der Waals surface area contributed by atoms with E-state index in [0.717, 1.165) is 19.6 Å². The average molecular weight is 292 g/mol. The lowest BCUT2D eigenvalue weighted by Gasteiger charge is -2.19. The number of nitrogens with one attached hydrogen (secondary N) is 2. The van der Waals surface area contributed by atoms with Crippen LogP contribution in [0, 0.1) is 0 Å². The van der Waals surface area contributed by atoms with Crippen molar-refractivity contribution >= 4 is 29.2 Å². The van der Waals surface area contributed by atoms with Gasteiger partial charge >= 0.3 is 0 Å². The van der Waals surface area contributed by atoms with Crippen LogP contribution in [-0.4, -0.2) is 35.1 Å². The van der Waals surface area contributed by atoms with E-state index < -0.39 is 0 Å². The maximum absolute atomic E-state index is 4.48. The predicted molar refractivity (Wildman–Crippen MR) is 84.6 cm³/mol. The quantitative estimate of drug-likeness (QED) is 0.817. The first kappa shape index (κ1) is 14.5. The zero-order valence-corrected chi connectivity index (χ0v) is 12.9. The third-order valence-electron chi connectivity index (χ3n) is 2.89. The Bertz CT molecular complexity index is 524. The topological polar surface area (TPSA) is 66.0 Å². The van der Waals surface area contributed by atoms with Crippen molar-refractivity contribution in [3.63, 3.8) is 0 Å². The van der Waals surface area contributed by atoms with Crippen molar-refractivity contribution in [1.82, 2.24) is 15.0 Å². The molecule has 0 aliphatic rings. The molecule has 0 fully saturated rings. The van der Waals surface area contributed by atoms with Crippen LogP contribution in [0.4, 0.5) is 17.8 Å². The van der Waals surface area contributed by atoms with Gasteiger partial charge in [-0.1, -0.05) is 6.07 Å². The standard InChI is InChI=1S/C13H20N6S/c1-4-19(5-2)13-17-11(14-3)16-12(18-13)15-9-10-7-6-8-20-10/h6-8H,4-5,9H2,1-3H3,(H2,14,15,16,17,18). The maximum Gasteiger partial charge on any atom is 0.231 e. The number of thiophene rings is 1. The van der Waals surface area contributed by atoms with Gasteiger partial charge in [-0.05, 0) is 25.3 Å². The van der Waals surface area contributed by atoms with Crippen LogP contribution in [0.15, 0.2) is 17.5 Å². The van der Waals surface area contributed by atoms with Crippen molar-refractivity contribution in [2.24, 2.45) is 0 Å². The molecule has 0 spiro atoms. The highest BCUT2D eigenvalue weighted by Crippen LogP contribution is 2.15. The van der Waals surface area contributed by atoms with Crippen LogP contribution < -0.4 is 15.5 Å². The van der Waals surface area contributed by atoms with Gasteiger partial charge in [0.1, 0.15) is 0 Å². The molecule has 2 rings (SSSR count). The largest absolute Gasteiger partial charge is 0.357 e. The van der Waals surface area contributed by atoms with E-state index in [1.165, 1.54) is 4.88 Å². The highest BCUT2D eigenvalue weighted by molar-refractivity contribution is 7.09. The van der Waals surface area contributed by atoms with E-state index in [2.05, 4.69) is 55.8 Å². The van der Waals surface area contributed by atoms with E-state index in [4.69, 9.17) is 0 Å². The van der Waals surface area contributed by atoms with Crippen LogP contribution in [-0.2, 0) is 6.54 Å². The Morgan fingerprint density at radius 2 is 1.90 bits per heavy atom. The fraction of sp³-hybridized carbons (Fsp3) is 0.462. The summed E-state index contributed by atoms with van der Waals surface area (Å²) in [7, 11) is 1.81. The molecular formula is C13H20N6S. The van der Waals surface area contributed by atoms with Gasteiger partial charge in [-0.2, -0.15) is 15.0 Å². The number of rotatable bonds is 7. The van der Waals surface area contributed by atoms with Gasteiger partial charge in [-0.15, -0.1) is 11.3 Å². The Labute approximate surface area is 123 Å². The molecule has 0 unspecified atom stereocenters. The van der Waals surface area contributed by atoms with Crippen molar-refractivity contribution < 1.29 is 0 Å². The summed E-state index contributed by atoms with van der Waals surface area (Å²) in [5.41, 5.74) is 0. The number of aromatic nitrogens is 3. The van der Waals surface area contributed by atoms with Gasteiger partial charge in [0.15, 0.2) is 0 Å². The number of hydrogen-bond donors (Lipinski definition) is 2. The molecular weight excluding hydrogens is 272 g/mol. The zero-order chi connectivity index (χ0) is 14.4. The van der Waals surface area contributed by atoms with Gasteiger partial charge in [0.2, 0.25) is 17.8 Å². The molecule has 0 bridgehead atoms. The Morgan fingerprint density at radius 3 is 2.50 bits per heavy atom. The summed E-state index contributed by atoms with van der Waals surface area (Å²) < 4.78 is 0. The summed E-state index contributed by atoms with van der Waals surface area (Å²) in [6, 6.07) is 4.12. The fourth-order valence-electron chi connectivity index (χ4n) is 1.78. The SMILES string of the molecule is CCN(CC)c1nc(NC)nc(NCc2cccs2)n1. The summed E-state index contributed by atoms with van der Waals surface area (Å²) >= 11 is 1.71. The van der Waals surface area contributed by atoms with E-state index in [1.54, 1.807) is 11.3 Å². The van der Waals surface area contributed by atoms with Crippen LogP contribution in [0.1, 0.15) is 18.7 Å². The highest BCUT2D eigenvalue weighted by atomic mass is 32.1. The van der Waals surface area contributed by atoms with Gasteiger partial charge in [-0.3, -0.25) is 0 Å². The van der Waals surface area contributed by atoms with Crippen LogP contribution in [0.5, 0.6) is 0 Å². The second-order valence-corrected chi connectivity index (χ2v) is 5.17. The van der Waals surface area contributed by atoms with Crippen LogP contribution in [0.25, 0.3) is 0 Å². The maximum atomic E-state index is 4.48. The third kappa shape index (κ3) is 3.57. The first-order chi connectivity index (χ1) is 9.76. The molecule has 2 heterocycles. The summed E-state index contributed by atoms with van der Waals surface area (Å²) in [4.78, 5) is 16.6. The Hall–Kier alpha value is -1.89. The Morgan fingerprint density at radius 1 is 1.15 bits per heavy atom. The van der Waals surface area contributed by atoms with E-state index in [-0.39, 0.29) is 0 Å². The normalized spacial score (nSPS) is 10.3. The van der Waals surface area contributed by atoms with E-state index in [0.29, 0.717) is 17.8 Å². The van der Waals surface area contributed by atoms with Crippen LogP contribution in [0.2, 0.25) is 0 Å². The molecule has 2 aromatic heterocycles. The average Bonchev–Trinajstić information content (AvgIpc) is 2.99. The number of hydrogen-bond acceptors (Lipinski definition) is 7. The Kier molecular flexibility index (Phi) is 5.11. The molecule has 0 saturated heterocycles. The molecule has 0 atom stereocenters. The third-order valence-corrected chi connectivity index (χ3v) is 3.77. The molecule has 7 heteroatoms. The number of nitrogens with zero attached hydrogens (tertiary/aromatic N) is 4. The molecule has 0 aliphatic heterocycles. The summed E-state index contributed by atoms with van der Waals surface area (Å²) in [5.74, 6) is 1.87. The lowest BCUT2D eigenvalue weighted by molar-refractivity contribution is 0.813. The van der Waals surface area contributed by atoms with Crippen molar-refractivity contribution in [2.75, 3.05) is 35.7 Å². The molecule has 0 saturated carbocycles. The van der Waals surface area contributed by atoms with Gasteiger partial charge in [-0.25, -0.2) is 0 Å². The van der Waals surface area contributed by atoms with Crippen LogP contribution in [0.3, 0.4) is 0 Å². The number of anilines is 3. The summed E-state index contributed by atoms with van der Waals surface area (Å²) in [6.45, 7) is 6.64. The molecule has 6 nitrogen and oxygen atoms in total. The van der Waals surface area contributed by atoms with Gasteiger partial charge in [0.25, 0.3) is 0 Å². The Balaban J connectivity index is 2.16. The minimum Gasteiger partial charge on any atom is -0.357 e. The lowest BCUT2D eigenvalue weighted by atomic mass is 10.5. The monoisotopic (exact) mass is 292 g/mol. The first-order valence-electron chi connectivity index (χ1n) is 6.71. The smallest absolute Gasteiger partial charge is 0.231 e. The van der Waals surface area contributed by atoms with Crippen molar-refractivity contribution in [3.05, 3.63) is 22.4 Å². The van der Waals surface area contributed by atoms with Gasteiger partial charge in [0, 0.05) is 25.0 Å². The lowest BCUT2D eigenvalue weighted by Crippen LogP contribution is -2.25. The highest BCUT2D eigenvalue weighted by Gasteiger charge is 2.10. The molecule has 0 aliphatic carbocycles. The van der Waals surface area contributed by atoms with Crippen LogP contribution >= 0.6 is 11.3 Å².